The fourth-order valence-electron chi connectivity index (χ4n) is 1.91. The summed E-state index contributed by atoms with van der Waals surface area (Å²) in [5, 5.41) is 13.0. The van der Waals surface area contributed by atoms with Gasteiger partial charge in [-0.2, -0.15) is 0 Å². The van der Waals surface area contributed by atoms with Crippen molar-refractivity contribution in [2.24, 2.45) is 0 Å². The number of nitrogens with one attached hydrogen (secondary N) is 1. The summed E-state index contributed by atoms with van der Waals surface area (Å²) in [6.45, 7) is 5.66. The lowest BCUT2D eigenvalue weighted by molar-refractivity contribution is 0.0330. The summed E-state index contributed by atoms with van der Waals surface area (Å²) in [6, 6.07) is 8.91. The van der Waals surface area contributed by atoms with E-state index in [2.05, 4.69) is 5.32 Å². The third kappa shape index (κ3) is 3.08. The number of hydrogen-bond acceptors (Lipinski definition) is 3. The van der Waals surface area contributed by atoms with E-state index < -0.39 is 5.60 Å². The van der Waals surface area contributed by atoms with Crippen LogP contribution in [0.1, 0.15) is 34.2 Å². The normalized spacial score (nSPS) is 13.8. The van der Waals surface area contributed by atoms with E-state index >= 15 is 0 Å². The number of carbonyl (C=O) groups excluding carboxylic acids is 1. The lowest BCUT2D eigenvalue weighted by Gasteiger charge is -2.21. The first-order chi connectivity index (χ1) is 9.40. The van der Waals surface area contributed by atoms with Gasteiger partial charge in [0.05, 0.1) is 12.8 Å². The molecule has 20 heavy (non-hydrogen) atoms. The summed E-state index contributed by atoms with van der Waals surface area (Å²) in [4.78, 5) is 12.1. The van der Waals surface area contributed by atoms with Gasteiger partial charge in [0.1, 0.15) is 11.4 Å². The van der Waals surface area contributed by atoms with Crippen molar-refractivity contribution < 1.29 is 14.3 Å². The second-order valence-corrected chi connectivity index (χ2v) is 5.23. The molecule has 1 atom stereocenters. The van der Waals surface area contributed by atoms with Crippen LogP contribution in [0.15, 0.2) is 41.0 Å². The molecule has 0 aliphatic heterocycles. The van der Waals surface area contributed by atoms with Crippen LogP contribution in [0.3, 0.4) is 0 Å². The van der Waals surface area contributed by atoms with Gasteiger partial charge < -0.3 is 14.8 Å². The fourth-order valence-corrected chi connectivity index (χ4v) is 1.91. The van der Waals surface area contributed by atoms with Gasteiger partial charge in [-0.05, 0) is 56.2 Å². The van der Waals surface area contributed by atoms with Crippen LogP contribution < -0.4 is 5.32 Å². The maximum Gasteiger partial charge on any atom is 0.251 e. The third-order valence-corrected chi connectivity index (χ3v) is 3.41. The van der Waals surface area contributed by atoms with Gasteiger partial charge in [-0.15, -0.1) is 0 Å². The highest BCUT2D eigenvalue weighted by Crippen LogP contribution is 2.20. The number of aryl methyl sites for hydroxylation is 2. The topological polar surface area (TPSA) is 62.5 Å². The summed E-state index contributed by atoms with van der Waals surface area (Å²) in [5.41, 5.74) is 1.57. The molecule has 2 N–H and O–H groups in total. The predicted molar refractivity (Wildman–Crippen MR) is 76.5 cm³/mol. The summed E-state index contributed by atoms with van der Waals surface area (Å²) in [6.07, 6.45) is 1.49. The van der Waals surface area contributed by atoms with Crippen LogP contribution in [-0.4, -0.2) is 17.6 Å². The maximum atomic E-state index is 12.1. The Labute approximate surface area is 118 Å². The zero-order valence-electron chi connectivity index (χ0n) is 11.9. The average Bonchev–Trinajstić information content (AvgIpc) is 2.94. The molecule has 0 aliphatic carbocycles. The van der Waals surface area contributed by atoms with Gasteiger partial charge >= 0.3 is 0 Å². The van der Waals surface area contributed by atoms with Gasteiger partial charge in [-0.25, -0.2) is 0 Å². The number of carbonyl (C=O) groups is 1. The molecule has 2 aromatic rings. The minimum atomic E-state index is -1.22. The molecule has 0 spiro atoms. The Bertz CT molecular complexity index is 600. The van der Waals surface area contributed by atoms with Crippen molar-refractivity contribution in [1.29, 1.82) is 0 Å². The molecule has 0 saturated heterocycles. The van der Waals surface area contributed by atoms with E-state index in [1.165, 1.54) is 6.26 Å². The minimum Gasteiger partial charge on any atom is -0.466 e. The van der Waals surface area contributed by atoms with E-state index in [0.717, 1.165) is 11.1 Å². The molecule has 1 amide bonds. The monoisotopic (exact) mass is 273 g/mol. The number of amides is 1. The number of furan rings is 1. The van der Waals surface area contributed by atoms with Crippen molar-refractivity contribution in [2.45, 2.75) is 26.4 Å². The quantitative estimate of drug-likeness (QED) is 0.899. The van der Waals surface area contributed by atoms with Gasteiger partial charge in [0.15, 0.2) is 0 Å². The molecule has 0 aliphatic rings. The number of aliphatic hydroxyl groups is 1. The largest absolute Gasteiger partial charge is 0.466 e. The van der Waals surface area contributed by atoms with Gasteiger partial charge in [-0.1, -0.05) is 6.07 Å². The van der Waals surface area contributed by atoms with Crippen molar-refractivity contribution in [3.8, 4) is 0 Å². The second-order valence-electron chi connectivity index (χ2n) is 5.23. The van der Waals surface area contributed by atoms with E-state index in [1.54, 1.807) is 25.1 Å². The third-order valence-electron chi connectivity index (χ3n) is 3.41. The van der Waals surface area contributed by atoms with E-state index in [-0.39, 0.29) is 12.5 Å². The van der Waals surface area contributed by atoms with Gasteiger partial charge in [-0.3, -0.25) is 4.79 Å². The Kier molecular flexibility index (Phi) is 3.95. The molecule has 0 bridgehead atoms. The van der Waals surface area contributed by atoms with Crippen LogP contribution in [0.2, 0.25) is 0 Å². The molecular weight excluding hydrogens is 254 g/mol. The Morgan fingerprint density at radius 3 is 2.65 bits per heavy atom. The van der Waals surface area contributed by atoms with E-state index in [0.29, 0.717) is 11.3 Å². The van der Waals surface area contributed by atoms with Crippen LogP contribution in [0, 0.1) is 13.8 Å². The first kappa shape index (κ1) is 14.3. The van der Waals surface area contributed by atoms with Crippen molar-refractivity contribution >= 4 is 5.91 Å². The lowest BCUT2D eigenvalue weighted by atomic mass is 10.0. The van der Waals surface area contributed by atoms with E-state index in [9.17, 15) is 9.90 Å². The fraction of sp³-hybridized carbons (Fsp3) is 0.312. The summed E-state index contributed by atoms with van der Waals surface area (Å²) < 4.78 is 5.17. The van der Waals surface area contributed by atoms with Crippen LogP contribution in [0.4, 0.5) is 0 Å². The molecule has 4 nitrogen and oxygen atoms in total. The van der Waals surface area contributed by atoms with E-state index in [4.69, 9.17) is 4.42 Å². The molecule has 1 unspecified atom stereocenters. The van der Waals surface area contributed by atoms with Gasteiger partial charge in [0, 0.05) is 5.56 Å². The van der Waals surface area contributed by atoms with E-state index in [1.807, 2.05) is 26.0 Å². The first-order valence-corrected chi connectivity index (χ1v) is 6.52. The zero-order valence-corrected chi connectivity index (χ0v) is 11.9. The maximum absolute atomic E-state index is 12.1. The molecule has 1 heterocycles. The lowest BCUT2D eigenvalue weighted by Crippen LogP contribution is -2.38. The van der Waals surface area contributed by atoms with Crippen LogP contribution >= 0.6 is 0 Å². The predicted octanol–water partition coefficient (Wildman–Crippen LogP) is 2.53. The van der Waals surface area contributed by atoms with Crippen molar-refractivity contribution in [1.82, 2.24) is 5.32 Å². The molecule has 106 valence electrons. The first-order valence-electron chi connectivity index (χ1n) is 6.52. The Hall–Kier alpha value is -2.07. The molecule has 1 aromatic carbocycles. The number of benzene rings is 1. The summed E-state index contributed by atoms with van der Waals surface area (Å²) in [5.74, 6) is 0.220. The van der Waals surface area contributed by atoms with Crippen molar-refractivity contribution in [3.05, 3.63) is 59.0 Å². The van der Waals surface area contributed by atoms with Crippen molar-refractivity contribution in [2.75, 3.05) is 6.54 Å². The Balaban J connectivity index is 2.03. The SMILES string of the molecule is Cc1ccc(C(=O)NCC(C)(O)c2ccco2)cc1C. The van der Waals surface area contributed by atoms with Gasteiger partial charge in [0.2, 0.25) is 0 Å². The molecular formula is C16H19NO3. The minimum absolute atomic E-state index is 0.0896. The average molecular weight is 273 g/mol. The molecule has 0 saturated carbocycles. The standard InChI is InChI=1S/C16H19NO3/c1-11-6-7-13(9-12(11)2)15(18)17-10-16(3,19)14-5-4-8-20-14/h4-9,19H,10H2,1-3H3,(H,17,18). The van der Waals surface area contributed by atoms with Crippen LogP contribution in [0.25, 0.3) is 0 Å². The highest BCUT2D eigenvalue weighted by atomic mass is 16.4. The second kappa shape index (κ2) is 5.51. The zero-order chi connectivity index (χ0) is 14.8. The molecule has 1 aromatic heterocycles. The highest BCUT2D eigenvalue weighted by Gasteiger charge is 2.26. The van der Waals surface area contributed by atoms with Crippen LogP contribution in [0.5, 0.6) is 0 Å². The van der Waals surface area contributed by atoms with Crippen LogP contribution in [-0.2, 0) is 5.60 Å². The molecule has 0 radical (unpaired) electrons. The smallest absolute Gasteiger partial charge is 0.251 e. The molecule has 0 fully saturated rings. The summed E-state index contributed by atoms with van der Waals surface area (Å²) >= 11 is 0. The molecule has 4 heteroatoms. The highest BCUT2D eigenvalue weighted by molar-refractivity contribution is 5.94. The Morgan fingerprint density at radius 1 is 1.30 bits per heavy atom. The summed E-state index contributed by atoms with van der Waals surface area (Å²) in [7, 11) is 0. The Morgan fingerprint density at radius 2 is 2.05 bits per heavy atom. The molecule has 2 rings (SSSR count). The number of hydrogen-bond donors (Lipinski definition) is 2. The van der Waals surface area contributed by atoms with Crippen molar-refractivity contribution in [3.63, 3.8) is 0 Å². The van der Waals surface area contributed by atoms with Gasteiger partial charge in [0.25, 0.3) is 5.91 Å². The number of rotatable bonds is 4.